The summed E-state index contributed by atoms with van der Waals surface area (Å²) in [7, 11) is 0. The van der Waals surface area contributed by atoms with Crippen LogP contribution >= 0.6 is 11.3 Å². The molecule has 2 aromatic heterocycles. The lowest BCUT2D eigenvalue weighted by Crippen LogP contribution is -2.33. The van der Waals surface area contributed by atoms with Crippen molar-refractivity contribution in [1.82, 2.24) is 9.88 Å². The van der Waals surface area contributed by atoms with Gasteiger partial charge in [0.1, 0.15) is 5.00 Å². The van der Waals surface area contributed by atoms with E-state index >= 15 is 0 Å². The second kappa shape index (κ2) is 6.67. The number of aryl methyl sites for hydroxylation is 1. The molecule has 0 saturated carbocycles. The Bertz CT molecular complexity index is 646. The van der Waals surface area contributed by atoms with Gasteiger partial charge in [-0.15, -0.1) is 11.3 Å². The van der Waals surface area contributed by atoms with Gasteiger partial charge in [-0.2, -0.15) is 0 Å². The van der Waals surface area contributed by atoms with Gasteiger partial charge in [0.25, 0.3) is 5.91 Å². The van der Waals surface area contributed by atoms with E-state index < -0.39 is 0 Å². The fraction of sp³-hybridized carbons (Fsp3) is 0.471. The van der Waals surface area contributed by atoms with Crippen LogP contribution in [0.2, 0.25) is 0 Å². The van der Waals surface area contributed by atoms with Crippen LogP contribution in [0.15, 0.2) is 24.5 Å². The van der Waals surface area contributed by atoms with Crippen LogP contribution < -0.4 is 5.32 Å². The summed E-state index contributed by atoms with van der Waals surface area (Å²) in [6, 6.07) is 4.04. The summed E-state index contributed by atoms with van der Waals surface area (Å²) in [5.41, 5.74) is 2.09. The molecular weight excluding hydrogens is 296 g/mol. The van der Waals surface area contributed by atoms with Crippen LogP contribution in [0.4, 0.5) is 0 Å². The van der Waals surface area contributed by atoms with E-state index in [1.54, 1.807) is 11.3 Å². The smallest absolute Gasteiger partial charge is 0.254 e. The number of nitrogens with zero attached hydrogens (tertiary/aromatic N) is 1. The second-order valence-corrected chi connectivity index (χ2v) is 6.95. The molecule has 5 heteroatoms. The van der Waals surface area contributed by atoms with E-state index in [9.17, 15) is 4.79 Å². The van der Waals surface area contributed by atoms with Gasteiger partial charge < -0.3 is 15.0 Å². The maximum absolute atomic E-state index is 12.8. The zero-order valence-corrected chi connectivity index (χ0v) is 13.7. The lowest BCUT2D eigenvalue weighted by Gasteiger charge is -2.14. The molecule has 22 heavy (non-hydrogen) atoms. The molecule has 0 radical (unpaired) electrons. The van der Waals surface area contributed by atoms with Crippen LogP contribution in [0, 0.1) is 0 Å². The molecule has 3 rings (SSSR count). The molecule has 0 aliphatic heterocycles. The van der Waals surface area contributed by atoms with E-state index in [1.165, 1.54) is 10.4 Å². The molecule has 1 atom stereocenters. The Morgan fingerprint density at radius 1 is 1.41 bits per heavy atom. The molecule has 1 aliphatic rings. The number of hydrogen-bond acceptors (Lipinski definition) is 3. The SMILES string of the molecule is CC(CCCO)NC(=O)c1c(-n2cccc2)sc2c1CCC2. The molecule has 2 N–H and O–H groups in total. The van der Waals surface area contributed by atoms with Gasteiger partial charge in [0.05, 0.1) is 5.56 Å². The third-order valence-corrected chi connectivity index (χ3v) is 5.45. The molecule has 0 saturated heterocycles. The van der Waals surface area contributed by atoms with E-state index in [2.05, 4.69) is 5.32 Å². The summed E-state index contributed by atoms with van der Waals surface area (Å²) in [5, 5.41) is 13.0. The maximum atomic E-state index is 12.8. The van der Waals surface area contributed by atoms with Crippen molar-refractivity contribution in [2.24, 2.45) is 0 Å². The molecule has 0 spiro atoms. The van der Waals surface area contributed by atoms with Crippen LogP contribution in [-0.4, -0.2) is 28.2 Å². The number of fused-ring (bicyclic) bond motifs is 1. The number of carbonyl (C=O) groups is 1. The standard InChI is InChI=1S/C17H22N2O2S/c1-12(6-5-11-20)18-16(21)15-13-7-4-8-14(13)22-17(15)19-9-2-3-10-19/h2-3,9-10,12,20H,4-8,11H2,1H3,(H,18,21). The first kappa shape index (κ1) is 15.3. The predicted octanol–water partition coefficient (Wildman–Crippen LogP) is 2.92. The Morgan fingerprint density at radius 2 is 2.18 bits per heavy atom. The third kappa shape index (κ3) is 2.96. The van der Waals surface area contributed by atoms with Gasteiger partial charge in [-0.3, -0.25) is 4.79 Å². The van der Waals surface area contributed by atoms with Crippen molar-refractivity contribution in [3.05, 3.63) is 40.5 Å². The number of aliphatic hydroxyl groups is 1. The highest BCUT2D eigenvalue weighted by Gasteiger charge is 2.27. The Hall–Kier alpha value is -1.59. The maximum Gasteiger partial charge on any atom is 0.254 e. The Morgan fingerprint density at radius 3 is 2.91 bits per heavy atom. The highest BCUT2D eigenvalue weighted by molar-refractivity contribution is 7.15. The van der Waals surface area contributed by atoms with Crippen molar-refractivity contribution in [3.8, 4) is 5.00 Å². The lowest BCUT2D eigenvalue weighted by atomic mass is 10.1. The fourth-order valence-electron chi connectivity index (χ4n) is 3.04. The zero-order valence-electron chi connectivity index (χ0n) is 12.8. The van der Waals surface area contributed by atoms with Crippen molar-refractivity contribution in [2.45, 2.75) is 45.1 Å². The number of thiophene rings is 1. The van der Waals surface area contributed by atoms with E-state index in [1.807, 2.05) is 36.0 Å². The van der Waals surface area contributed by atoms with Crippen LogP contribution in [0.3, 0.4) is 0 Å². The van der Waals surface area contributed by atoms with Gasteiger partial charge in [-0.1, -0.05) is 0 Å². The molecule has 0 fully saturated rings. The number of rotatable bonds is 6. The van der Waals surface area contributed by atoms with Crippen molar-refractivity contribution in [1.29, 1.82) is 0 Å². The molecule has 0 aromatic carbocycles. The van der Waals surface area contributed by atoms with Gasteiger partial charge >= 0.3 is 0 Å². The van der Waals surface area contributed by atoms with Crippen LogP contribution in [-0.2, 0) is 12.8 Å². The molecule has 2 heterocycles. The average Bonchev–Trinajstić information content (AvgIpc) is 3.19. The van der Waals surface area contributed by atoms with Crippen LogP contribution in [0.5, 0.6) is 0 Å². The van der Waals surface area contributed by atoms with E-state index in [0.717, 1.165) is 36.2 Å². The fourth-order valence-corrected chi connectivity index (χ4v) is 4.39. The molecule has 1 amide bonds. The van der Waals surface area contributed by atoms with Crippen molar-refractivity contribution in [3.63, 3.8) is 0 Å². The number of carbonyl (C=O) groups excluding carboxylic acids is 1. The molecule has 118 valence electrons. The normalized spacial score (nSPS) is 14.8. The van der Waals surface area contributed by atoms with E-state index in [0.29, 0.717) is 6.42 Å². The summed E-state index contributed by atoms with van der Waals surface area (Å²) >= 11 is 1.74. The molecule has 0 bridgehead atoms. The summed E-state index contributed by atoms with van der Waals surface area (Å²) in [4.78, 5) is 14.1. The van der Waals surface area contributed by atoms with Crippen LogP contribution in [0.1, 0.15) is 47.0 Å². The highest BCUT2D eigenvalue weighted by atomic mass is 32.1. The molecule has 2 aromatic rings. The average molecular weight is 318 g/mol. The van der Waals surface area contributed by atoms with E-state index in [-0.39, 0.29) is 18.6 Å². The second-order valence-electron chi connectivity index (χ2n) is 5.87. The van der Waals surface area contributed by atoms with Crippen molar-refractivity contribution < 1.29 is 9.90 Å². The predicted molar refractivity (Wildman–Crippen MR) is 88.9 cm³/mol. The van der Waals surface area contributed by atoms with Crippen LogP contribution in [0.25, 0.3) is 5.00 Å². The lowest BCUT2D eigenvalue weighted by molar-refractivity contribution is 0.0936. The quantitative estimate of drug-likeness (QED) is 0.860. The Balaban J connectivity index is 1.87. The molecular formula is C17H22N2O2S. The summed E-state index contributed by atoms with van der Waals surface area (Å²) in [6.45, 7) is 2.16. The van der Waals surface area contributed by atoms with Crippen molar-refractivity contribution in [2.75, 3.05) is 6.61 Å². The number of nitrogens with one attached hydrogen (secondary N) is 1. The number of aromatic nitrogens is 1. The highest BCUT2D eigenvalue weighted by Crippen LogP contribution is 2.37. The van der Waals surface area contributed by atoms with Gasteiger partial charge in [0, 0.05) is 29.9 Å². The molecule has 1 aliphatic carbocycles. The van der Waals surface area contributed by atoms with Gasteiger partial charge in [-0.25, -0.2) is 0 Å². The minimum atomic E-state index is 0.0218. The summed E-state index contributed by atoms with van der Waals surface area (Å²) < 4.78 is 2.04. The molecule has 1 unspecified atom stereocenters. The van der Waals surface area contributed by atoms with Gasteiger partial charge in [-0.05, 0) is 56.7 Å². The zero-order chi connectivity index (χ0) is 15.5. The Kier molecular flexibility index (Phi) is 4.64. The monoisotopic (exact) mass is 318 g/mol. The Labute approximate surface area is 134 Å². The minimum Gasteiger partial charge on any atom is -0.396 e. The summed E-state index contributed by atoms with van der Waals surface area (Å²) in [6.07, 6.45) is 8.73. The third-order valence-electron chi connectivity index (χ3n) is 4.14. The number of aliphatic hydroxyl groups excluding tert-OH is 1. The van der Waals surface area contributed by atoms with E-state index in [4.69, 9.17) is 5.11 Å². The topological polar surface area (TPSA) is 54.3 Å². The molecule has 4 nitrogen and oxygen atoms in total. The largest absolute Gasteiger partial charge is 0.396 e. The first-order chi connectivity index (χ1) is 10.7. The first-order valence-corrected chi connectivity index (χ1v) is 8.72. The summed E-state index contributed by atoms with van der Waals surface area (Å²) in [5.74, 6) is 0.0218. The van der Waals surface area contributed by atoms with Gasteiger partial charge in [0.15, 0.2) is 0 Å². The first-order valence-electron chi connectivity index (χ1n) is 7.90. The van der Waals surface area contributed by atoms with Crippen molar-refractivity contribution >= 4 is 17.2 Å². The van der Waals surface area contributed by atoms with Gasteiger partial charge in [0.2, 0.25) is 0 Å². The number of amides is 1. The minimum absolute atomic E-state index is 0.0218. The number of hydrogen-bond donors (Lipinski definition) is 2.